The van der Waals surface area contributed by atoms with E-state index in [0.29, 0.717) is 17.3 Å². The second kappa shape index (κ2) is 7.70. The average molecular weight is 361 g/mol. The Labute approximate surface area is 151 Å². The van der Waals surface area contributed by atoms with Crippen LogP contribution in [-0.4, -0.2) is 46.0 Å². The standard InChI is InChI=1S/C18H21ClN4O2/c1-2-3-4-15-11-22(14-7-5-13(19)6-8-14)17(24)12-23(15)18(25)16-9-10-20-21-16/h5-10,15H,2-4,11-12H2,1H3,(H,20,21)/t15-/m1/s1. The lowest BCUT2D eigenvalue weighted by Crippen LogP contribution is -2.58. The number of hydrogen-bond donors (Lipinski definition) is 1. The van der Waals surface area contributed by atoms with Crippen molar-refractivity contribution in [2.24, 2.45) is 0 Å². The fraction of sp³-hybridized carbons (Fsp3) is 0.389. The maximum Gasteiger partial charge on any atom is 0.272 e. The van der Waals surface area contributed by atoms with Gasteiger partial charge in [-0.3, -0.25) is 14.7 Å². The third kappa shape index (κ3) is 3.85. The topological polar surface area (TPSA) is 69.3 Å². The molecular weight excluding hydrogens is 340 g/mol. The van der Waals surface area contributed by atoms with E-state index in [0.717, 1.165) is 24.9 Å². The van der Waals surface area contributed by atoms with Gasteiger partial charge in [0.2, 0.25) is 5.91 Å². The quantitative estimate of drug-likeness (QED) is 0.890. The molecular formula is C18H21ClN4O2. The number of carbonyl (C=O) groups excluding carboxylic acids is 2. The molecule has 0 radical (unpaired) electrons. The molecule has 1 aliphatic rings. The lowest BCUT2D eigenvalue weighted by Gasteiger charge is -2.41. The van der Waals surface area contributed by atoms with Crippen LogP contribution in [0.5, 0.6) is 0 Å². The van der Waals surface area contributed by atoms with Gasteiger partial charge in [0.15, 0.2) is 0 Å². The second-order valence-electron chi connectivity index (χ2n) is 6.18. The minimum absolute atomic E-state index is 0.0240. The highest BCUT2D eigenvalue weighted by molar-refractivity contribution is 6.30. The molecule has 0 unspecified atom stereocenters. The summed E-state index contributed by atoms with van der Waals surface area (Å²) in [6.45, 7) is 2.67. The van der Waals surface area contributed by atoms with E-state index >= 15 is 0 Å². The summed E-state index contributed by atoms with van der Waals surface area (Å²) in [5.74, 6) is -0.273. The Balaban J connectivity index is 1.82. The Kier molecular flexibility index (Phi) is 5.38. The number of nitrogens with one attached hydrogen (secondary N) is 1. The van der Waals surface area contributed by atoms with E-state index in [1.54, 1.807) is 34.2 Å². The van der Waals surface area contributed by atoms with Crippen LogP contribution in [0.1, 0.15) is 36.7 Å². The van der Waals surface area contributed by atoms with Crippen LogP contribution < -0.4 is 4.90 Å². The number of benzene rings is 1. The summed E-state index contributed by atoms with van der Waals surface area (Å²) in [6.07, 6.45) is 4.44. The number of nitrogens with zero attached hydrogens (tertiary/aromatic N) is 3. The number of hydrogen-bond acceptors (Lipinski definition) is 3. The smallest absolute Gasteiger partial charge is 0.272 e. The summed E-state index contributed by atoms with van der Waals surface area (Å²) in [7, 11) is 0. The molecule has 0 saturated carbocycles. The number of unbranched alkanes of at least 4 members (excludes halogenated alkanes) is 1. The number of amides is 2. The maximum atomic E-state index is 12.7. The summed E-state index contributed by atoms with van der Waals surface area (Å²) in [5, 5.41) is 7.16. The van der Waals surface area contributed by atoms with Crippen LogP contribution in [0, 0.1) is 0 Å². The van der Waals surface area contributed by atoms with Crippen molar-refractivity contribution < 1.29 is 9.59 Å². The molecule has 1 saturated heterocycles. The van der Waals surface area contributed by atoms with E-state index in [1.165, 1.54) is 0 Å². The number of halogens is 1. The Morgan fingerprint density at radius 2 is 2.08 bits per heavy atom. The molecule has 0 bridgehead atoms. The molecule has 6 nitrogen and oxygen atoms in total. The number of H-pyrrole nitrogens is 1. The molecule has 1 atom stereocenters. The van der Waals surface area contributed by atoms with Gasteiger partial charge in [0, 0.05) is 23.5 Å². The summed E-state index contributed by atoms with van der Waals surface area (Å²) in [6, 6.07) is 8.83. The van der Waals surface area contributed by atoms with Crippen LogP contribution in [0.3, 0.4) is 0 Å². The molecule has 1 aliphatic heterocycles. The number of carbonyl (C=O) groups is 2. The zero-order valence-corrected chi connectivity index (χ0v) is 14.9. The van der Waals surface area contributed by atoms with Gasteiger partial charge < -0.3 is 9.80 Å². The zero-order valence-electron chi connectivity index (χ0n) is 14.1. The van der Waals surface area contributed by atoms with Gasteiger partial charge in [-0.1, -0.05) is 31.4 Å². The summed E-state index contributed by atoms with van der Waals surface area (Å²) < 4.78 is 0. The SMILES string of the molecule is CCCC[C@@H]1CN(c2ccc(Cl)cc2)C(=O)CN1C(=O)c1ccn[nH]1. The summed E-state index contributed by atoms with van der Waals surface area (Å²) in [4.78, 5) is 28.8. The van der Waals surface area contributed by atoms with Crippen molar-refractivity contribution in [2.75, 3.05) is 18.0 Å². The van der Waals surface area contributed by atoms with Crippen LogP contribution in [0.2, 0.25) is 5.02 Å². The molecule has 0 aliphatic carbocycles. The van der Waals surface area contributed by atoms with E-state index in [4.69, 9.17) is 11.6 Å². The fourth-order valence-electron chi connectivity index (χ4n) is 3.10. The van der Waals surface area contributed by atoms with Crippen LogP contribution in [-0.2, 0) is 4.79 Å². The van der Waals surface area contributed by atoms with Gasteiger partial charge >= 0.3 is 0 Å². The van der Waals surface area contributed by atoms with Gasteiger partial charge in [-0.2, -0.15) is 5.10 Å². The molecule has 1 aromatic heterocycles. The third-order valence-electron chi connectivity index (χ3n) is 4.46. The maximum absolute atomic E-state index is 12.7. The van der Waals surface area contributed by atoms with Gasteiger partial charge in [0.1, 0.15) is 12.2 Å². The molecule has 2 aromatic rings. The van der Waals surface area contributed by atoms with Crippen molar-refractivity contribution in [3.05, 3.63) is 47.2 Å². The highest BCUT2D eigenvalue weighted by Crippen LogP contribution is 2.25. The minimum Gasteiger partial charge on any atom is -0.323 e. The first-order valence-electron chi connectivity index (χ1n) is 8.46. The predicted molar refractivity (Wildman–Crippen MR) is 96.7 cm³/mol. The highest BCUT2D eigenvalue weighted by atomic mass is 35.5. The van der Waals surface area contributed by atoms with Gasteiger partial charge in [-0.05, 0) is 36.8 Å². The van der Waals surface area contributed by atoms with E-state index in [1.807, 2.05) is 12.1 Å². The highest BCUT2D eigenvalue weighted by Gasteiger charge is 2.36. The van der Waals surface area contributed by atoms with Crippen molar-refractivity contribution in [1.29, 1.82) is 0 Å². The van der Waals surface area contributed by atoms with Gasteiger partial charge in [-0.25, -0.2) is 0 Å². The van der Waals surface area contributed by atoms with Gasteiger partial charge in [0.25, 0.3) is 5.91 Å². The first kappa shape index (κ1) is 17.5. The average Bonchev–Trinajstić information content (AvgIpc) is 3.15. The minimum atomic E-state index is -0.178. The summed E-state index contributed by atoms with van der Waals surface area (Å²) >= 11 is 5.94. The van der Waals surface area contributed by atoms with Crippen molar-refractivity contribution >= 4 is 29.1 Å². The summed E-state index contributed by atoms with van der Waals surface area (Å²) in [5.41, 5.74) is 1.22. The van der Waals surface area contributed by atoms with E-state index < -0.39 is 0 Å². The number of rotatable bonds is 5. The number of piperazine rings is 1. The number of aromatic amines is 1. The predicted octanol–water partition coefficient (Wildman–Crippen LogP) is 3.11. The van der Waals surface area contributed by atoms with Crippen LogP contribution in [0.25, 0.3) is 0 Å². The Morgan fingerprint density at radius 1 is 1.32 bits per heavy atom. The molecule has 1 aromatic carbocycles. The monoisotopic (exact) mass is 360 g/mol. The van der Waals surface area contributed by atoms with Gasteiger partial charge in [-0.15, -0.1) is 0 Å². The Morgan fingerprint density at radius 3 is 2.72 bits per heavy atom. The largest absolute Gasteiger partial charge is 0.323 e. The molecule has 1 fully saturated rings. The molecule has 3 rings (SSSR count). The number of anilines is 1. The van der Waals surface area contributed by atoms with Gasteiger partial charge in [0.05, 0.1) is 6.04 Å². The normalized spacial score (nSPS) is 17.8. The Bertz CT molecular complexity index is 730. The zero-order chi connectivity index (χ0) is 17.8. The van der Waals surface area contributed by atoms with Crippen molar-refractivity contribution in [2.45, 2.75) is 32.2 Å². The lowest BCUT2D eigenvalue weighted by atomic mass is 10.0. The molecule has 2 amide bonds. The molecule has 7 heteroatoms. The Hall–Kier alpha value is -2.34. The molecule has 25 heavy (non-hydrogen) atoms. The van der Waals surface area contributed by atoms with Crippen molar-refractivity contribution in [3.63, 3.8) is 0 Å². The molecule has 0 spiro atoms. The van der Waals surface area contributed by atoms with Crippen LogP contribution >= 0.6 is 11.6 Å². The number of aromatic nitrogens is 2. The third-order valence-corrected chi connectivity index (χ3v) is 4.71. The lowest BCUT2D eigenvalue weighted by molar-refractivity contribution is -0.121. The van der Waals surface area contributed by atoms with Crippen LogP contribution in [0.15, 0.2) is 36.5 Å². The second-order valence-corrected chi connectivity index (χ2v) is 6.62. The van der Waals surface area contributed by atoms with Crippen molar-refractivity contribution in [1.82, 2.24) is 15.1 Å². The molecule has 1 N–H and O–H groups in total. The van der Waals surface area contributed by atoms with E-state index in [-0.39, 0.29) is 24.4 Å². The van der Waals surface area contributed by atoms with Crippen molar-refractivity contribution in [3.8, 4) is 0 Å². The molecule has 132 valence electrons. The van der Waals surface area contributed by atoms with E-state index in [9.17, 15) is 9.59 Å². The molecule has 2 heterocycles. The first-order chi connectivity index (χ1) is 12.1. The fourth-order valence-corrected chi connectivity index (χ4v) is 3.22. The van der Waals surface area contributed by atoms with E-state index in [2.05, 4.69) is 17.1 Å². The van der Waals surface area contributed by atoms with Crippen LogP contribution in [0.4, 0.5) is 5.69 Å². The first-order valence-corrected chi connectivity index (χ1v) is 8.84.